The van der Waals surface area contributed by atoms with Crippen molar-refractivity contribution in [1.82, 2.24) is 0 Å². The van der Waals surface area contributed by atoms with Gasteiger partial charge in [0.15, 0.2) is 0 Å². The van der Waals surface area contributed by atoms with Crippen LogP contribution in [0.15, 0.2) is 72.3 Å². The average molecular weight is 528 g/mol. The van der Waals surface area contributed by atoms with Crippen molar-refractivity contribution in [3.8, 4) is 0 Å². The van der Waals surface area contributed by atoms with Gasteiger partial charge in [0.25, 0.3) is 0 Å². The van der Waals surface area contributed by atoms with E-state index < -0.39 is 0 Å². The zero-order valence-electron chi connectivity index (χ0n) is 25.1. The number of para-hydroxylation sites is 1. The van der Waals surface area contributed by atoms with Crippen molar-refractivity contribution in [2.24, 2.45) is 11.3 Å². The minimum atomic E-state index is 0.141. The summed E-state index contributed by atoms with van der Waals surface area (Å²) in [6.07, 6.45) is 14.1. The fourth-order valence-electron chi connectivity index (χ4n) is 6.18. The molecule has 2 aromatic carbocycles. The van der Waals surface area contributed by atoms with E-state index in [2.05, 4.69) is 78.0 Å². The molecule has 5 rings (SSSR count). The number of carbonyl (C=O) groups excluding carboxylic acids is 1. The van der Waals surface area contributed by atoms with Gasteiger partial charge in [-0.2, -0.15) is 0 Å². The van der Waals surface area contributed by atoms with Crippen LogP contribution < -0.4 is 4.90 Å². The fraction of sp³-hybridized carbons (Fsp3) is 0.528. The molecule has 3 nitrogen and oxygen atoms in total. The molecule has 3 aliphatic rings. The number of nitrogens with zero attached hydrogens (tertiary/aromatic N) is 1. The minimum absolute atomic E-state index is 0.141. The summed E-state index contributed by atoms with van der Waals surface area (Å²) in [5.74, 6) is 0.939. The second-order valence-corrected chi connectivity index (χ2v) is 12.9. The molecule has 1 aliphatic carbocycles. The summed E-state index contributed by atoms with van der Waals surface area (Å²) >= 11 is 0. The first-order valence-corrected chi connectivity index (χ1v) is 15.2. The number of rotatable bonds is 6. The largest absolute Gasteiger partial charge is 0.371 e. The van der Waals surface area contributed by atoms with Crippen molar-refractivity contribution in [3.05, 3.63) is 83.4 Å². The van der Waals surface area contributed by atoms with Crippen molar-refractivity contribution >= 4 is 17.2 Å². The second kappa shape index (κ2) is 13.1. The summed E-state index contributed by atoms with van der Waals surface area (Å²) in [6.45, 7) is 13.6. The van der Waals surface area contributed by atoms with Gasteiger partial charge in [0, 0.05) is 5.69 Å². The number of ether oxygens (including phenoxy) is 1. The number of amides is 1. The smallest absolute Gasteiger partial charge is 0.230 e. The molecule has 39 heavy (non-hydrogen) atoms. The molecule has 2 saturated heterocycles. The van der Waals surface area contributed by atoms with Crippen molar-refractivity contribution in [3.63, 3.8) is 0 Å². The molecule has 4 unspecified atom stereocenters. The maximum atomic E-state index is 12.3. The summed E-state index contributed by atoms with van der Waals surface area (Å²) in [6, 6.07) is 18.9. The van der Waals surface area contributed by atoms with Gasteiger partial charge in [-0.25, -0.2) is 0 Å². The Hall–Kier alpha value is -2.65. The van der Waals surface area contributed by atoms with E-state index in [9.17, 15) is 4.79 Å². The topological polar surface area (TPSA) is 29.5 Å². The Morgan fingerprint density at radius 1 is 0.923 bits per heavy atom. The molecule has 0 saturated carbocycles. The van der Waals surface area contributed by atoms with Crippen LogP contribution in [0.5, 0.6) is 0 Å². The zero-order valence-corrected chi connectivity index (χ0v) is 25.1. The van der Waals surface area contributed by atoms with E-state index in [0.717, 1.165) is 37.3 Å². The Morgan fingerprint density at radius 3 is 2.18 bits per heavy atom. The van der Waals surface area contributed by atoms with Crippen LogP contribution in [0.2, 0.25) is 0 Å². The fourth-order valence-corrected chi connectivity index (χ4v) is 6.18. The summed E-state index contributed by atoms with van der Waals surface area (Å²) in [5.41, 5.74) is 6.87. The van der Waals surface area contributed by atoms with Crippen LogP contribution in [0, 0.1) is 11.3 Å². The lowest BCUT2D eigenvalue weighted by Gasteiger charge is -2.40. The summed E-state index contributed by atoms with van der Waals surface area (Å²) in [7, 11) is 0. The molecular weight excluding hydrogens is 478 g/mol. The van der Waals surface area contributed by atoms with Crippen LogP contribution in [-0.4, -0.2) is 18.1 Å². The van der Waals surface area contributed by atoms with Gasteiger partial charge < -0.3 is 9.64 Å². The second-order valence-electron chi connectivity index (χ2n) is 12.9. The molecule has 0 radical (unpaired) electrons. The van der Waals surface area contributed by atoms with Gasteiger partial charge in [0.05, 0.1) is 24.7 Å². The quantitative estimate of drug-likeness (QED) is 0.350. The van der Waals surface area contributed by atoms with Crippen LogP contribution in [0.1, 0.15) is 110 Å². The number of benzene rings is 2. The highest BCUT2D eigenvalue weighted by molar-refractivity contribution is 6.01. The highest BCUT2D eigenvalue weighted by atomic mass is 16.5. The number of anilines is 1. The van der Waals surface area contributed by atoms with Gasteiger partial charge in [-0.1, -0.05) is 103 Å². The Bertz CT molecular complexity index is 1140. The summed E-state index contributed by atoms with van der Waals surface area (Å²) in [4.78, 5) is 14.2. The van der Waals surface area contributed by atoms with Gasteiger partial charge in [0.1, 0.15) is 0 Å². The lowest BCUT2D eigenvalue weighted by Crippen LogP contribution is -2.46. The van der Waals surface area contributed by atoms with E-state index in [4.69, 9.17) is 4.74 Å². The molecule has 2 aliphatic heterocycles. The molecule has 4 atom stereocenters. The van der Waals surface area contributed by atoms with Crippen LogP contribution in [-0.2, 0) is 9.53 Å². The molecule has 0 spiro atoms. The zero-order chi connectivity index (χ0) is 28.0. The Labute approximate surface area is 237 Å². The maximum Gasteiger partial charge on any atom is 0.230 e. The van der Waals surface area contributed by atoms with E-state index >= 15 is 0 Å². The molecule has 0 N–H and O–H groups in total. The van der Waals surface area contributed by atoms with Crippen molar-refractivity contribution in [2.45, 2.75) is 111 Å². The first-order chi connectivity index (χ1) is 18.7. The van der Waals surface area contributed by atoms with Crippen molar-refractivity contribution in [2.75, 3.05) is 4.90 Å². The Kier molecular flexibility index (Phi) is 9.88. The van der Waals surface area contributed by atoms with Crippen LogP contribution in [0.4, 0.5) is 5.69 Å². The minimum Gasteiger partial charge on any atom is -0.371 e. The lowest BCUT2D eigenvalue weighted by atomic mass is 9.84. The van der Waals surface area contributed by atoms with Crippen molar-refractivity contribution in [1.29, 1.82) is 0 Å². The molecule has 3 heteroatoms. The van der Waals surface area contributed by atoms with E-state index in [1.807, 2.05) is 35.2 Å². The van der Waals surface area contributed by atoms with Crippen LogP contribution >= 0.6 is 0 Å². The SMILES string of the molecule is CCC1CC(C)CC(C2=CC=C(c3ccc(C4CC(=O)N4c4ccccc4)cc3)CC2)O1.CCCC(C)(C)C. The van der Waals surface area contributed by atoms with Gasteiger partial charge in [-0.05, 0) is 84.3 Å². The Morgan fingerprint density at radius 2 is 1.64 bits per heavy atom. The highest BCUT2D eigenvalue weighted by Crippen LogP contribution is 2.40. The third kappa shape index (κ3) is 7.72. The van der Waals surface area contributed by atoms with E-state index in [1.54, 1.807) is 0 Å². The number of hydrogen-bond acceptors (Lipinski definition) is 2. The highest BCUT2D eigenvalue weighted by Gasteiger charge is 2.38. The van der Waals surface area contributed by atoms with E-state index in [1.165, 1.54) is 41.5 Å². The van der Waals surface area contributed by atoms with Crippen molar-refractivity contribution < 1.29 is 9.53 Å². The van der Waals surface area contributed by atoms with Crippen LogP contribution in [0.25, 0.3) is 5.57 Å². The standard InChI is InChI=1S/C29H33NO2.C7H16/c1-3-26-17-20(2)18-28(32-26)24-15-11-22(12-16-24)21-9-13-23(14-10-21)27-19-29(31)30(27)25-7-5-4-6-8-25;1-5-6-7(2,3)4/h4-11,13-15,20,26-28H,3,12,16-19H2,1-2H3;5-6H2,1-4H3. The molecule has 0 aromatic heterocycles. The number of hydrogen-bond donors (Lipinski definition) is 0. The molecule has 0 bridgehead atoms. The third-order valence-electron chi connectivity index (χ3n) is 8.34. The average Bonchev–Trinajstić information content (AvgIpc) is 2.92. The Balaban J connectivity index is 0.000000448. The third-order valence-corrected chi connectivity index (χ3v) is 8.34. The number of carbonyl (C=O) groups is 1. The van der Waals surface area contributed by atoms with Gasteiger partial charge in [0.2, 0.25) is 5.91 Å². The molecular formula is C36H49NO2. The lowest BCUT2D eigenvalue weighted by molar-refractivity contribution is -0.124. The normalized spacial score (nSPS) is 25.2. The van der Waals surface area contributed by atoms with Gasteiger partial charge >= 0.3 is 0 Å². The molecule has 2 heterocycles. The molecule has 2 fully saturated rings. The van der Waals surface area contributed by atoms with Gasteiger partial charge in [-0.3, -0.25) is 4.79 Å². The first-order valence-electron chi connectivity index (χ1n) is 15.2. The number of allylic oxidation sites excluding steroid dienone is 3. The maximum absolute atomic E-state index is 12.3. The van der Waals surface area contributed by atoms with Gasteiger partial charge in [-0.15, -0.1) is 0 Å². The summed E-state index contributed by atoms with van der Waals surface area (Å²) in [5, 5.41) is 0. The predicted molar refractivity (Wildman–Crippen MR) is 165 cm³/mol. The first kappa shape index (κ1) is 29.3. The monoisotopic (exact) mass is 527 g/mol. The molecule has 1 amide bonds. The van der Waals surface area contributed by atoms with E-state index in [-0.39, 0.29) is 11.9 Å². The summed E-state index contributed by atoms with van der Waals surface area (Å²) < 4.78 is 6.37. The molecule has 2 aromatic rings. The number of β-lactam (4-membered cyclic amide) rings is 1. The van der Waals surface area contributed by atoms with Crippen LogP contribution in [0.3, 0.4) is 0 Å². The van der Waals surface area contributed by atoms with E-state index in [0.29, 0.717) is 24.0 Å². The molecule has 210 valence electrons. The predicted octanol–water partition coefficient (Wildman–Crippen LogP) is 9.69.